The molecule has 2 aromatic carbocycles. The van der Waals surface area contributed by atoms with E-state index in [1.807, 2.05) is 59.2 Å². The summed E-state index contributed by atoms with van der Waals surface area (Å²) in [5.74, 6) is 0.656. The van der Waals surface area contributed by atoms with Gasteiger partial charge >= 0.3 is 0 Å². The number of likely N-dealkylation sites (tertiary alicyclic amines) is 2. The molecule has 0 spiro atoms. The molecule has 2 amide bonds. The van der Waals surface area contributed by atoms with Crippen molar-refractivity contribution in [2.45, 2.75) is 38.3 Å². The summed E-state index contributed by atoms with van der Waals surface area (Å²) in [6.07, 6.45) is 2.27. The predicted octanol–water partition coefficient (Wildman–Crippen LogP) is 4.12. The Morgan fingerprint density at radius 1 is 1.03 bits per heavy atom. The second-order valence-electron chi connectivity index (χ2n) is 9.46. The number of rotatable bonds is 2. The molecular weight excluding hydrogens is 416 g/mol. The minimum atomic E-state index is -0.545. The van der Waals surface area contributed by atoms with Crippen LogP contribution < -0.4 is 0 Å². The Balaban J connectivity index is 1.24. The molecule has 1 unspecified atom stereocenters. The second kappa shape index (κ2) is 8.03. The number of aryl methyl sites for hydroxylation is 1. The standard InChI is InChI=1S/C27H28N2O4/c1-17-20-9-4-5-11-23(20)33-24(17)26(30)28-15-19-8-6-13-29(22(19)16-28)27(31)25-21-10-3-2-7-18(21)12-14-32-25/h2-5,7,9-11,19,22,25H,6,8,12-16H2,1H3/t19-,22+,25?/m0/s1. The lowest BCUT2D eigenvalue weighted by atomic mass is 9.90. The first-order valence-electron chi connectivity index (χ1n) is 11.9. The van der Waals surface area contributed by atoms with Crippen molar-refractivity contribution in [3.8, 4) is 0 Å². The third-order valence-electron chi connectivity index (χ3n) is 7.61. The number of amides is 2. The highest BCUT2D eigenvalue weighted by molar-refractivity contribution is 5.99. The molecule has 3 aromatic rings. The van der Waals surface area contributed by atoms with Crippen molar-refractivity contribution in [3.63, 3.8) is 0 Å². The molecule has 33 heavy (non-hydrogen) atoms. The van der Waals surface area contributed by atoms with E-state index in [4.69, 9.17) is 9.15 Å². The molecule has 0 bridgehead atoms. The highest BCUT2D eigenvalue weighted by Gasteiger charge is 2.45. The van der Waals surface area contributed by atoms with Crippen LogP contribution in [0.5, 0.6) is 0 Å². The number of fused-ring (bicyclic) bond motifs is 3. The Kier molecular flexibility index (Phi) is 4.98. The van der Waals surface area contributed by atoms with Gasteiger partial charge in [0, 0.05) is 30.6 Å². The van der Waals surface area contributed by atoms with E-state index in [1.165, 1.54) is 5.56 Å². The molecular formula is C27H28N2O4. The molecule has 6 heteroatoms. The summed E-state index contributed by atoms with van der Waals surface area (Å²) in [5.41, 5.74) is 3.80. The lowest BCUT2D eigenvalue weighted by Crippen LogP contribution is -2.51. The summed E-state index contributed by atoms with van der Waals surface area (Å²) in [6.45, 7) is 4.42. The number of nitrogens with zero attached hydrogens (tertiary/aromatic N) is 2. The van der Waals surface area contributed by atoms with E-state index in [2.05, 4.69) is 6.07 Å². The number of benzene rings is 2. The van der Waals surface area contributed by atoms with Gasteiger partial charge in [0.15, 0.2) is 11.9 Å². The molecule has 3 aliphatic rings. The van der Waals surface area contributed by atoms with E-state index in [0.717, 1.165) is 41.4 Å². The number of hydrogen-bond acceptors (Lipinski definition) is 4. The SMILES string of the molecule is Cc1c(C(=O)N2C[C@@H]3CCCN(C(=O)C4OCCc5ccccc54)[C@@H]3C2)oc2ccccc12. The molecule has 3 atom stereocenters. The summed E-state index contributed by atoms with van der Waals surface area (Å²) in [7, 11) is 0. The van der Waals surface area contributed by atoms with Crippen molar-refractivity contribution >= 4 is 22.8 Å². The van der Waals surface area contributed by atoms with E-state index < -0.39 is 6.10 Å². The average Bonchev–Trinajstić information content (AvgIpc) is 3.44. The summed E-state index contributed by atoms with van der Waals surface area (Å²) in [6, 6.07) is 15.9. The topological polar surface area (TPSA) is 63.0 Å². The van der Waals surface area contributed by atoms with Crippen LogP contribution in [0, 0.1) is 12.8 Å². The molecule has 2 fully saturated rings. The normalized spacial score (nSPS) is 24.6. The van der Waals surface area contributed by atoms with E-state index in [-0.39, 0.29) is 23.8 Å². The summed E-state index contributed by atoms with van der Waals surface area (Å²) in [5, 5.41) is 0.974. The molecule has 4 heterocycles. The third-order valence-corrected chi connectivity index (χ3v) is 7.61. The van der Waals surface area contributed by atoms with Gasteiger partial charge in [-0.1, -0.05) is 42.5 Å². The minimum Gasteiger partial charge on any atom is -0.451 e. The molecule has 1 aromatic heterocycles. The van der Waals surface area contributed by atoms with Gasteiger partial charge in [0.05, 0.1) is 12.6 Å². The second-order valence-corrected chi connectivity index (χ2v) is 9.46. The Labute approximate surface area is 193 Å². The molecule has 0 radical (unpaired) electrons. The Hall–Kier alpha value is -3.12. The van der Waals surface area contributed by atoms with Gasteiger partial charge in [-0.05, 0) is 49.3 Å². The Morgan fingerprint density at radius 2 is 1.85 bits per heavy atom. The van der Waals surface area contributed by atoms with E-state index in [9.17, 15) is 9.59 Å². The van der Waals surface area contributed by atoms with Crippen LogP contribution in [0.15, 0.2) is 52.9 Å². The van der Waals surface area contributed by atoms with Crippen molar-refractivity contribution in [1.29, 1.82) is 0 Å². The zero-order chi connectivity index (χ0) is 22.5. The van der Waals surface area contributed by atoms with Crippen molar-refractivity contribution < 1.29 is 18.7 Å². The van der Waals surface area contributed by atoms with Gasteiger partial charge in [-0.15, -0.1) is 0 Å². The van der Waals surface area contributed by atoms with Gasteiger partial charge in [-0.3, -0.25) is 9.59 Å². The van der Waals surface area contributed by atoms with Crippen LogP contribution in [0.2, 0.25) is 0 Å². The number of carbonyl (C=O) groups is 2. The third kappa shape index (κ3) is 3.35. The fraction of sp³-hybridized carbons (Fsp3) is 0.407. The van der Waals surface area contributed by atoms with Gasteiger partial charge in [-0.2, -0.15) is 0 Å². The van der Waals surface area contributed by atoms with E-state index in [0.29, 0.717) is 32.0 Å². The van der Waals surface area contributed by atoms with Crippen LogP contribution in [-0.4, -0.2) is 53.9 Å². The Bertz CT molecular complexity index is 1230. The number of para-hydroxylation sites is 1. The summed E-state index contributed by atoms with van der Waals surface area (Å²) in [4.78, 5) is 30.9. The fourth-order valence-electron chi connectivity index (χ4n) is 5.89. The number of hydrogen-bond donors (Lipinski definition) is 0. The monoisotopic (exact) mass is 444 g/mol. The number of furan rings is 1. The largest absolute Gasteiger partial charge is 0.451 e. The van der Waals surface area contributed by atoms with Crippen molar-refractivity contribution in [2.75, 3.05) is 26.2 Å². The maximum Gasteiger partial charge on any atom is 0.289 e. The van der Waals surface area contributed by atoms with Crippen molar-refractivity contribution in [1.82, 2.24) is 9.80 Å². The zero-order valence-electron chi connectivity index (χ0n) is 18.8. The van der Waals surface area contributed by atoms with Gasteiger partial charge in [0.1, 0.15) is 5.58 Å². The maximum absolute atomic E-state index is 13.7. The number of carbonyl (C=O) groups excluding carboxylic acids is 2. The van der Waals surface area contributed by atoms with Gasteiger partial charge in [0.25, 0.3) is 11.8 Å². The quantitative estimate of drug-likeness (QED) is 0.597. The van der Waals surface area contributed by atoms with Crippen molar-refractivity contribution in [2.24, 2.45) is 5.92 Å². The molecule has 170 valence electrons. The number of piperidine rings is 1. The first-order chi connectivity index (χ1) is 16.1. The van der Waals surface area contributed by atoms with Crippen LogP contribution in [0.4, 0.5) is 0 Å². The lowest BCUT2D eigenvalue weighted by Gasteiger charge is -2.39. The molecule has 0 N–H and O–H groups in total. The molecule has 0 saturated carbocycles. The van der Waals surface area contributed by atoms with Crippen LogP contribution in [0.3, 0.4) is 0 Å². The van der Waals surface area contributed by atoms with Gasteiger partial charge in [0.2, 0.25) is 0 Å². The van der Waals surface area contributed by atoms with E-state index >= 15 is 0 Å². The van der Waals surface area contributed by atoms with Crippen LogP contribution in [0.25, 0.3) is 11.0 Å². The summed E-state index contributed by atoms with van der Waals surface area (Å²) >= 11 is 0. The van der Waals surface area contributed by atoms with Crippen LogP contribution in [0.1, 0.15) is 46.2 Å². The minimum absolute atomic E-state index is 0.0255. The molecule has 6 rings (SSSR count). The highest BCUT2D eigenvalue weighted by atomic mass is 16.5. The zero-order valence-corrected chi connectivity index (χ0v) is 18.8. The molecule has 3 aliphatic heterocycles. The molecule has 2 saturated heterocycles. The average molecular weight is 445 g/mol. The van der Waals surface area contributed by atoms with Gasteiger partial charge in [-0.25, -0.2) is 0 Å². The summed E-state index contributed by atoms with van der Waals surface area (Å²) < 4.78 is 11.9. The smallest absolute Gasteiger partial charge is 0.289 e. The number of ether oxygens (including phenoxy) is 1. The van der Waals surface area contributed by atoms with Crippen LogP contribution >= 0.6 is 0 Å². The first kappa shape index (κ1) is 20.5. The van der Waals surface area contributed by atoms with E-state index in [1.54, 1.807) is 0 Å². The molecule has 0 aliphatic carbocycles. The maximum atomic E-state index is 13.7. The first-order valence-corrected chi connectivity index (χ1v) is 11.9. The molecule has 6 nitrogen and oxygen atoms in total. The van der Waals surface area contributed by atoms with Crippen molar-refractivity contribution in [3.05, 3.63) is 71.0 Å². The van der Waals surface area contributed by atoms with Crippen LogP contribution in [-0.2, 0) is 16.0 Å². The lowest BCUT2D eigenvalue weighted by molar-refractivity contribution is -0.149. The van der Waals surface area contributed by atoms with Gasteiger partial charge < -0.3 is 19.0 Å². The predicted molar refractivity (Wildman–Crippen MR) is 124 cm³/mol. The Morgan fingerprint density at radius 3 is 2.73 bits per heavy atom. The highest BCUT2D eigenvalue weighted by Crippen LogP contribution is 2.36. The fourth-order valence-corrected chi connectivity index (χ4v) is 5.89.